The molecule has 0 fully saturated rings. The molecule has 2 aromatic rings. The fraction of sp³-hybridized carbons (Fsp3) is 0.125. The van der Waals surface area contributed by atoms with Gasteiger partial charge in [0.25, 0.3) is 9.05 Å². The van der Waals surface area contributed by atoms with E-state index in [2.05, 4.69) is 9.97 Å². The molecule has 0 amide bonds. The Morgan fingerprint density at radius 1 is 1.47 bits per heavy atom. The van der Waals surface area contributed by atoms with Crippen molar-refractivity contribution in [1.82, 2.24) is 9.97 Å². The Kier molecular flexibility index (Phi) is 2.66. The molecule has 0 saturated heterocycles. The summed E-state index contributed by atoms with van der Waals surface area (Å²) >= 11 is 1.51. The number of nitrogens with one attached hydrogen (secondary N) is 1. The molecule has 1 heterocycles. The van der Waals surface area contributed by atoms with E-state index in [4.69, 9.17) is 10.7 Å². The average molecular weight is 263 g/mol. The lowest BCUT2D eigenvalue weighted by molar-refractivity contribution is 0.610. The minimum absolute atomic E-state index is 0.0400. The van der Waals surface area contributed by atoms with Gasteiger partial charge in [0, 0.05) is 15.6 Å². The van der Waals surface area contributed by atoms with Gasteiger partial charge in [-0.2, -0.15) is 0 Å². The van der Waals surface area contributed by atoms with Gasteiger partial charge in [-0.15, -0.1) is 11.8 Å². The minimum atomic E-state index is -3.74. The third-order valence-corrected chi connectivity index (χ3v) is 4.12. The SMILES string of the molecule is CSc1ccc(S(=O)(=O)Cl)c2nc[nH]c12. The number of imidazole rings is 1. The second kappa shape index (κ2) is 3.70. The Morgan fingerprint density at radius 2 is 2.20 bits per heavy atom. The zero-order valence-electron chi connectivity index (χ0n) is 7.69. The number of fused-ring (bicyclic) bond motifs is 1. The lowest BCUT2D eigenvalue weighted by atomic mass is 10.3. The lowest BCUT2D eigenvalue weighted by Crippen LogP contribution is -1.92. The van der Waals surface area contributed by atoms with Crippen molar-refractivity contribution in [2.24, 2.45) is 0 Å². The zero-order valence-corrected chi connectivity index (χ0v) is 10.1. The molecular formula is C8H7ClN2O2S2. The molecule has 0 unspecified atom stereocenters. The summed E-state index contributed by atoms with van der Waals surface area (Å²) in [4.78, 5) is 7.83. The number of rotatable bonds is 2. The quantitative estimate of drug-likeness (QED) is 0.666. The highest BCUT2D eigenvalue weighted by atomic mass is 35.7. The minimum Gasteiger partial charge on any atom is -0.344 e. The van der Waals surface area contributed by atoms with Gasteiger partial charge in [-0.1, -0.05) is 0 Å². The molecule has 4 nitrogen and oxygen atoms in total. The van der Waals surface area contributed by atoms with Crippen LogP contribution in [0.1, 0.15) is 0 Å². The van der Waals surface area contributed by atoms with E-state index in [1.54, 1.807) is 6.07 Å². The van der Waals surface area contributed by atoms with Crippen molar-refractivity contribution in [3.8, 4) is 0 Å². The van der Waals surface area contributed by atoms with Gasteiger partial charge in [0.15, 0.2) is 0 Å². The highest BCUT2D eigenvalue weighted by Crippen LogP contribution is 2.30. The van der Waals surface area contributed by atoms with E-state index < -0.39 is 9.05 Å². The van der Waals surface area contributed by atoms with Gasteiger partial charge in [0.2, 0.25) is 0 Å². The Hall–Kier alpha value is -0.720. The number of thioether (sulfide) groups is 1. The summed E-state index contributed by atoms with van der Waals surface area (Å²) in [5.74, 6) is 0. The first-order chi connectivity index (χ1) is 7.04. The largest absolute Gasteiger partial charge is 0.344 e. The number of hydrogen-bond donors (Lipinski definition) is 1. The number of aromatic amines is 1. The second-order valence-electron chi connectivity index (χ2n) is 2.83. The van der Waals surface area contributed by atoms with E-state index >= 15 is 0 Å². The first kappa shape index (κ1) is 10.8. The van der Waals surface area contributed by atoms with Crippen LogP contribution in [0.15, 0.2) is 28.3 Å². The molecule has 1 aromatic heterocycles. The number of nitrogens with zero attached hydrogens (tertiary/aromatic N) is 1. The van der Waals surface area contributed by atoms with Crippen molar-refractivity contribution in [3.63, 3.8) is 0 Å². The zero-order chi connectivity index (χ0) is 11.1. The number of benzene rings is 1. The van der Waals surface area contributed by atoms with Crippen LogP contribution in [0.5, 0.6) is 0 Å². The molecule has 2 rings (SSSR count). The molecule has 0 spiro atoms. The normalized spacial score (nSPS) is 12.1. The van der Waals surface area contributed by atoms with E-state index in [0.29, 0.717) is 11.0 Å². The molecule has 0 saturated carbocycles. The summed E-state index contributed by atoms with van der Waals surface area (Å²) in [5.41, 5.74) is 1.08. The number of aromatic nitrogens is 2. The Balaban J connectivity index is 2.86. The van der Waals surface area contributed by atoms with E-state index in [-0.39, 0.29) is 4.90 Å². The van der Waals surface area contributed by atoms with E-state index in [1.807, 2.05) is 6.26 Å². The molecule has 80 valence electrons. The first-order valence-electron chi connectivity index (χ1n) is 3.99. The molecule has 0 atom stereocenters. The molecule has 7 heteroatoms. The van der Waals surface area contributed by atoms with Gasteiger partial charge in [-0.3, -0.25) is 0 Å². The van der Waals surface area contributed by atoms with Crippen LogP contribution in [-0.2, 0) is 9.05 Å². The maximum atomic E-state index is 11.2. The standard InChI is InChI=1S/C8H7ClN2O2S2/c1-14-5-2-3-6(15(9,12)13)8-7(5)10-4-11-8/h2-4H,1H3,(H,10,11). The summed E-state index contributed by atoms with van der Waals surface area (Å²) < 4.78 is 22.5. The van der Waals surface area contributed by atoms with Crippen LogP contribution in [-0.4, -0.2) is 24.6 Å². The second-order valence-corrected chi connectivity index (χ2v) is 6.21. The predicted molar refractivity (Wildman–Crippen MR) is 60.9 cm³/mol. The van der Waals surface area contributed by atoms with Gasteiger partial charge in [-0.25, -0.2) is 13.4 Å². The fourth-order valence-corrected chi connectivity index (χ4v) is 2.90. The molecule has 0 aliphatic carbocycles. The van der Waals surface area contributed by atoms with Crippen LogP contribution in [0.3, 0.4) is 0 Å². The van der Waals surface area contributed by atoms with Crippen LogP contribution in [0.2, 0.25) is 0 Å². The molecule has 0 bridgehead atoms. The van der Waals surface area contributed by atoms with Crippen molar-refractivity contribution in [2.75, 3.05) is 6.26 Å². The predicted octanol–water partition coefficient (Wildman–Crippen LogP) is 2.21. The maximum Gasteiger partial charge on any atom is 0.263 e. The summed E-state index contributed by atoms with van der Waals surface area (Å²) in [6.07, 6.45) is 3.36. The summed E-state index contributed by atoms with van der Waals surface area (Å²) in [7, 11) is 1.56. The molecule has 0 radical (unpaired) electrons. The van der Waals surface area contributed by atoms with Gasteiger partial charge >= 0.3 is 0 Å². The van der Waals surface area contributed by atoms with Crippen LogP contribution in [0, 0.1) is 0 Å². The van der Waals surface area contributed by atoms with Crippen LogP contribution >= 0.6 is 22.4 Å². The average Bonchev–Trinajstić information content (AvgIpc) is 2.62. The van der Waals surface area contributed by atoms with Crippen LogP contribution in [0.4, 0.5) is 0 Å². The monoisotopic (exact) mass is 262 g/mol. The third-order valence-electron chi connectivity index (χ3n) is 1.99. The summed E-state index contributed by atoms with van der Waals surface area (Å²) in [5, 5.41) is 0. The third kappa shape index (κ3) is 1.84. The highest BCUT2D eigenvalue weighted by molar-refractivity contribution is 8.14. The first-order valence-corrected chi connectivity index (χ1v) is 7.52. The van der Waals surface area contributed by atoms with Crippen molar-refractivity contribution >= 4 is 42.5 Å². The Labute approximate surface area is 95.5 Å². The van der Waals surface area contributed by atoms with E-state index in [1.165, 1.54) is 24.2 Å². The maximum absolute atomic E-state index is 11.2. The topological polar surface area (TPSA) is 62.8 Å². The van der Waals surface area contributed by atoms with Crippen molar-refractivity contribution in [2.45, 2.75) is 9.79 Å². The molecule has 15 heavy (non-hydrogen) atoms. The van der Waals surface area contributed by atoms with Crippen molar-refractivity contribution < 1.29 is 8.42 Å². The highest BCUT2D eigenvalue weighted by Gasteiger charge is 2.17. The summed E-state index contributed by atoms with van der Waals surface area (Å²) in [6.45, 7) is 0. The number of H-pyrrole nitrogens is 1. The van der Waals surface area contributed by atoms with Gasteiger partial charge < -0.3 is 4.98 Å². The van der Waals surface area contributed by atoms with Gasteiger partial charge in [0.05, 0.1) is 11.8 Å². The van der Waals surface area contributed by atoms with Crippen LogP contribution < -0.4 is 0 Å². The van der Waals surface area contributed by atoms with Gasteiger partial charge in [-0.05, 0) is 18.4 Å². The summed E-state index contributed by atoms with van der Waals surface area (Å²) in [6, 6.07) is 3.18. The van der Waals surface area contributed by atoms with E-state index in [9.17, 15) is 8.42 Å². The molecule has 1 aromatic carbocycles. The smallest absolute Gasteiger partial charge is 0.263 e. The molecule has 0 aliphatic rings. The molecule has 0 aliphatic heterocycles. The fourth-order valence-electron chi connectivity index (χ4n) is 1.35. The van der Waals surface area contributed by atoms with E-state index in [0.717, 1.165) is 4.90 Å². The number of hydrogen-bond acceptors (Lipinski definition) is 4. The lowest BCUT2D eigenvalue weighted by Gasteiger charge is -2.01. The molecule has 1 N–H and O–H groups in total. The van der Waals surface area contributed by atoms with Gasteiger partial charge in [0.1, 0.15) is 10.4 Å². The van der Waals surface area contributed by atoms with Crippen LogP contribution in [0.25, 0.3) is 11.0 Å². The number of halogens is 1. The Morgan fingerprint density at radius 3 is 2.80 bits per heavy atom. The van der Waals surface area contributed by atoms with Crippen molar-refractivity contribution in [1.29, 1.82) is 0 Å². The molecular weight excluding hydrogens is 256 g/mol. The van der Waals surface area contributed by atoms with Crippen molar-refractivity contribution in [3.05, 3.63) is 18.5 Å². The Bertz CT molecular complexity index is 606.